The van der Waals surface area contributed by atoms with E-state index in [1.807, 2.05) is 0 Å². The second-order valence-electron chi connectivity index (χ2n) is 5.49. The maximum Gasteiger partial charge on any atom is 0.335 e. The molecule has 27 heavy (non-hydrogen) atoms. The molecule has 0 fully saturated rings. The van der Waals surface area contributed by atoms with Crippen LogP contribution in [0.4, 0.5) is 21.8 Å². The molecule has 0 saturated heterocycles. The summed E-state index contributed by atoms with van der Waals surface area (Å²) in [5.74, 6) is -3.65. The standard InChI is InChI=1S/C18H13FN4O4/c19-13-14(9-3-1-4-10(7-9)16(24)25)22-18(23-15(13)20)21-12-6-2-5-11(8-12)17(26)27/h1-8H,(H,24,25)(H,26,27)(H3,20,21,22,23). The van der Waals surface area contributed by atoms with Crippen molar-refractivity contribution in [3.63, 3.8) is 0 Å². The quantitative estimate of drug-likeness (QED) is 0.539. The summed E-state index contributed by atoms with van der Waals surface area (Å²) in [5, 5.41) is 20.9. The Morgan fingerprint density at radius 3 is 2.26 bits per heavy atom. The zero-order valence-corrected chi connectivity index (χ0v) is 13.7. The molecule has 0 aliphatic carbocycles. The average Bonchev–Trinajstić information content (AvgIpc) is 2.64. The number of aromatic carboxylic acids is 2. The van der Waals surface area contributed by atoms with Gasteiger partial charge in [0.2, 0.25) is 5.95 Å². The number of benzene rings is 2. The third-order valence-corrected chi connectivity index (χ3v) is 3.63. The van der Waals surface area contributed by atoms with Crippen molar-refractivity contribution in [2.24, 2.45) is 0 Å². The van der Waals surface area contributed by atoms with Gasteiger partial charge in [-0.05, 0) is 30.3 Å². The minimum atomic E-state index is -1.16. The summed E-state index contributed by atoms with van der Waals surface area (Å²) in [6.45, 7) is 0. The number of rotatable bonds is 5. The van der Waals surface area contributed by atoms with E-state index in [9.17, 15) is 14.0 Å². The van der Waals surface area contributed by atoms with E-state index in [2.05, 4.69) is 15.3 Å². The first-order chi connectivity index (χ1) is 12.8. The lowest BCUT2D eigenvalue weighted by Gasteiger charge is -2.10. The van der Waals surface area contributed by atoms with E-state index in [1.54, 1.807) is 6.07 Å². The molecule has 0 atom stereocenters. The van der Waals surface area contributed by atoms with Crippen molar-refractivity contribution >= 4 is 29.4 Å². The van der Waals surface area contributed by atoms with Crippen molar-refractivity contribution in [2.75, 3.05) is 11.1 Å². The first kappa shape index (κ1) is 17.8. The number of aromatic nitrogens is 2. The Bertz CT molecular complexity index is 1060. The van der Waals surface area contributed by atoms with Crippen LogP contribution in [0, 0.1) is 5.82 Å². The molecule has 0 unspecified atom stereocenters. The van der Waals surface area contributed by atoms with E-state index in [4.69, 9.17) is 15.9 Å². The van der Waals surface area contributed by atoms with Crippen molar-refractivity contribution in [3.8, 4) is 11.3 Å². The molecule has 8 nitrogen and oxygen atoms in total. The number of nitrogens with zero attached hydrogens (tertiary/aromatic N) is 2. The Hall–Kier alpha value is -4.01. The SMILES string of the molecule is Nc1nc(Nc2cccc(C(=O)O)c2)nc(-c2cccc(C(=O)O)c2)c1F. The van der Waals surface area contributed by atoms with E-state index >= 15 is 0 Å². The molecule has 3 rings (SSSR count). The molecule has 1 heterocycles. The Labute approximate surface area is 152 Å². The fourth-order valence-corrected chi connectivity index (χ4v) is 2.37. The van der Waals surface area contributed by atoms with Crippen molar-refractivity contribution < 1.29 is 24.2 Å². The van der Waals surface area contributed by atoms with Crippen molar-refractivity contribution in [1.29, 1.82) is 0 Å². The minimum Gasteiger partial charge on any atom is -0.478 e. The largest absolute Gasteiger partial charge is 0.478 e. The number of carboxylic acid groups (broad SMARTS) is 2. The van der Waals surface area contributed by atoms with Crippen LogP contribution in [-0.4, -0.2) is 32.1 Å². The Morgan fingerprint density at radius 2 is 1.59 bits per heavy atom. The number of halogens is 1. The van der Waals surface area contributed by atoms with Gasteiger partial charge in [-0.3, -0.25) is 0 Å². The van der Waals surface area contributed by atoms with E-state index in [-0.39, 0.29) is 28.3 Å². The van der Waals surface area contributed by atoms with Gasteiger partial charge in [0.25, 0.3) is 0 Å². The van der Waals surface area contributed by atoms with Gasteiger partial charge in [0.15, 0.2) is 11.6 Å². The number of anilines is 3. The molecule has 5 N–H and O–H groups in total. The molecule has 0 amide bonds. The Balaban J connectivity index is 2.02. The summed E-state index contributed by atoms with van der Waals surface area (Å²) in [7, 11) is 0. The van der Waals surface area contributed by atoms with Gasteiger partial charge in [-0.1, -0.05) is 18.2 Å². The van der Waals surface area contributed by atoms with E-state index in [0.717, 1.165) is 0 Å². The molecule has 9 heteroatoms. The molecule has 2 aromatic carbocycles. The van der Waals surface area contributed by atoms with Gasteiger partial charge in [-0.2, -0.15) is 4.98 Å². The van der Waals surface area contributed by atoms with E-state index in [0.29, 0.717) is 5.69 Å². The molecular formula is C18H13FN4O4. The highest BCUT2D eigenvalue weighted by Gasteiger charge is 2.16. The maximum absolute atomic E-state index is 14.4. The second kappa shape index (κ2) is 7.08. The normalized spacial score (nSPS) is 10.4. The maximum atomic E-state index is 14.4. The van der Waals surface area contributed by atoms with E-state index in [1.165, 1.54) is 42.5 Å². The first-order valence-electron chi connectivity index (χ1n) is 7.62. The van der Waals surface area contributed by atoms with Crippen molar-refractivity contribution in [2.45, 2.75) is 0 Å². The number of nitrogens with two attached hydrogens (primary N) is 1. The fraction of sp³-hybridized carbons (Fsp3) is 0. The number of nitrogen functional groups attached to an aromatic ring is 1. The van der Waals surface area contributed by atoms with Crippen LogP contribution in [0.5, 0.6) is 0 Å². The number of nitrogens with one attached hydrogen (secondary N) is 1. The summed E-state index contributed by atoms with van der Waals surface area (Å²) >= 11 is 0. The predicted molar refractivity (Wildman–Crippen MR) is 95.5 cm³/mol. The van der Waals surface area contributed by atoms with Gasteiger partial charge in [-0.25, -0.2) is 19.0 Å². The fourth-order valence-electron chi connectivity index (χ4n) is 2.37. The van der Waals surface area contributed by atoms with Crippen LogP contribution in [-0.2, 0) is 0 Å². The van der Waals surface area contributed by atoms with E-state index < -0.39 is 23.6 Å². The lowest BCUT2D eigenvalue weighted by atomic mass is 10.1. The average molecular weight is 368 g/mol. The summed E-state index contributed by atoms with van der Waals surface area (Å²) in [4.78, 5) is 30.0. The Kier molecular flexibility index (Phi) is 4.67. The van der Waals surface area contributed by atoms with Crippen LogP contribution < -0.4 is 11.1 Å². The number of hydrogen-bond acceptors (Lipinski definition) is 6. The van der Waals surface area contributed by atoms with Crippen LogP contribution in [0.2, 0.25) is 0 Å². The van der Waals surface area contributed by atoms with Gasteiger partial charge in [-0.15, -0.1) is 0 Å². The van der Waals surface area contributed by atoms with Crippen LogP contribution >= 0.6 is 0 Å². The third kappa shape index (κ3) is 3.82. The van der Waals surface area contributed by atoms with Crippen molar-refractivity contribution in [1.82, 2.24) is 9.97 Å². The predicted octanol–water partition coefficient (Wildman–Crippen LogP) is 3.00. The molecule has 0 spiro atoms. The van der Waals surface area contributed by atoms with Gasteiger partial charge in [0.05, 0.1) is 11.1 Å². The van der Waals surface area contributed by atoms with Gasteiger partial charge in [0.1, 0.15) is 5.69 Å². The summed E-state index contributed by atoms with van der Waals surface area (Å²) < 4.78 is 14.4. The molecule has 0 radical (unpaired) electrons. The molecule has 0 aliphatic heterocycles. The first-order valence-corrected chi connectivity index (χ1v) is 7.62. The zero-order chi connectivity index (χ0) is 19.6. The molecule has 0 bridgehead atoms. The van der Waals surface area contributed by atoms with Gasteiger partial charge >= 0.3 is 11.9 Å². The molecule has 0 aliphatic rings. The molecule has 0 saturated carbocycles. The van der Waals surface area contributed by atoms with Crippen LogP contribution in [0.1, 0.15) is 20.7 Å². The number of hydrogen-bond donors (Lipinski definition) is 4. The zero-order valence-electron chi connectivity index (χ0n) is 13.7. The van der Waals surface area contributed by atoms with Crippen LogP contribution in [0.3, 0.4) is 0 Å². The summed E-state index contributed by atoms with van der Waals surface area (Å²) in [5.41, 5.74) is 6.02. The highest BCUT2D eigenvalue weighted by Crippen LogP contribution is 2.27. The van der Waals surface area contributed by atoms with Gasteiger partial charge < -0.3 is 21.3 Å². The molecular weight excluding hydrogens is 355 g/mol. The highest BCUT2D eigenvalue weighted by molar-refractivity contribution is 5.90. The topological polar surface area (TPSA) is 138 Å². The summed E-state index contributed by atoms with van der Waals surface area (Å²) in [6.07, 6.45) is 0. The smallest absolute Gasteiger partial charge is 0.335 e. The Morgan fingerprint density at radius 1 is 0.963 bits per heavy atom. The second-order valence-corrected chi connectivity index (χ2v) is 5.49. The van der Waals surface area contributed by atoms with Gasteiger partial charge in [0, 0.05) is 11.3 Å². The van der Waals surface area contributed by atoms with Crippen molar-refractivity contribution in [3.05, 3.63) is 65.5 Å². The van der Waals surface area contributed by atoms with Crippen LogP contribution in [0.25, 0.3) is 11.3 Å². The number of carbonyl (C=O) groups is 2. The van der Waals surface area contributed by atoms with Crippen LogP contribution in [0.15, 0.2) is 48.5 Å². The molecule has 1 aromatic heterocycles. The minimum absolute atomic E-state index is 0.0345. The monoisotopic (exact) mass is 368 g/mol. The lowest BCUT2D eigenvalue weighted by Crippen LogP contribution is -2.06. The lowest BCUT2D eigenvalue weighted by molar-refractivity contribution is 0.0686. The number of carboxylic acids is 2. The summed E-state index contributed by atoms with van der Waals surface area (Å²) in [6, 6.07) is 11.5. The highest BCUT2D eigenvalue weighted by atomic mass is 19.1. The third-order valence-electron chi connectivity index (χ3n) is 3.63. The molecule has 3 aromatic rings. The molecule has 136 valence electrons.